The van der Waals surface area contributed by atoms with Crippen LogP contribution in [0.3, 0.4) is 0 Å². The van der Waals surface area contributed by atoms with Crippen LogP contribution < -0.4 is 10.1 Å². The molecule has 0 aromatic heterocycles. The zero-order valence-corrected chi connectivity index (χ0v) is 13.5. The van der Waals surface area contributed by atoms with Gasteiger partial charge in [-0.25, -0.2) is 0 Å². The van der Waals surface area contributed by atoms with Crippen LogP contribution in [-0.4, -0.2) is 25.2 Å². The average molecular weight is 350 g/mol. The molecule has 0 spiro atoms. The minimum Gasteiger partial charge on any atom is -0.496 e. The molecule has 0 radical (unpaired) electrons. The van der Waals surface area contributed by atoms with E-state index >= 15 is 0 Å². The van der Waals surface area contributed by atoms with E-state index < -0.39 is 24.0 Å². The van der Waals surface area contributed by atoms with Crippen LogP contribution in [-0.2, 0) is 11.2 Å². The molecule has 1 aromatic rings. The molecule has 0 heterocycles. The highest BCUT2D eigenvalue weighted by Gasteiger charge is 2.45. The van der Waals surface area contributed by atoms with Gasteiger partial charge < -0.3 is 10.1 Å². The molecule has 2 rings (SSSR count). The predicted molar refractivity (Wildman–Crippen MR) is 81.7 cm³/mol. The van der Waals surface area contributed by atoms with Crippen LogP contribution in [0.5, 0.6) is 5.75 Å². The molecular weight excluding hydrogens is 331 g/mol. The molecule has 3 nitrogen and oxygen atoms in total. The minimum absolute atomic E-state index is 0.0644. The van der Waals surface area contributed by atoms with E-state index in [9.17, 15) is 18.0 Å². The van der Waals surface area contributed by atoms with Gasteiger partial charge in [0.1, 0.15) is 5.75 Å². The van der Waals surface area contributed by atoms with Crippen LogP contribution in [0, 0.1) is 5.92 Å². The lowest BCUT2D eigenvalue weighted by molar-refractivity contribution is -0.189. The van der Waals surface area contributed by atoms with Crippen LogP contribution in [0.25, 0.3) is 0 Å². The number of methoxy groups -OCH3 is 1. The second-order valence-electron chi connectivity index (χ2n) is 5.74. The van der Waals surface area contributed by atoms with Crippen LogP contribution in [0.2, 0.25) is 5.02 Å². The van der Waals surface area contributed by atoms with E-state index in [2.05, 4.69) is 5.32 Å². The van der Waals surface area contributed by atoms with Crippen LogP contribution in [0.1, 0.15) is 31.2 Å². The summed E-state index contributed by atoms with van der Waals surface area (Å²) in [5.41, 5.74) is 0.553. The lowest BCUT2D eigenvalue weighted by Gasteiger charge is -2.33. The Kier molecular flexibility index (Phi) is 5.79. The molecule has 128 valence electrons. The topological polar surface area (TPSA) is 38.3 Å². The fraction of sp³-hybridized carbons (Fsp3) is 0.562. The number of halogens is 4. The third-order valence-electron chi connectivity index (χ3n) is 4.13. The van der Waals surface area contributed by atoms with E-state index in [0.717, 1.165) is 0 Å². The number of hydrogen-bond donors (Lipinski definition) is 1. The Bertz CT molecular complexity index is 563. The molecule has 1 aliphatic rings. The van der Waals surface area contributed by atoms with Crippen LogP contribution in [0.4, 0.5) is 13.2 Å². The zero-order valence-electron chi connectivity index (χ0n) is 12.8. The second-order valence-corrected chi connectivity index (χ2v) is 6.18. The Morgan fingerprint density at radius 2 is 2.04 bits per heavy atom. The van der Waals surface area contributed by atoms with Gasteiger partial charge in [-0.05, 0) is 31.0 Å². The van der Waals surface area contributed by atoms with E-state index in [1.54, 1.807) is 18.2 Å². The summed E-state index contributed by atoms with van der Waals surface area (Å²) in [4.78, 5) is 12.2. The van der Waals surface area contributed by atoms with E-state index in [1.807, 2.05) is 0 Å². The third-order valence-corrected chi connectivity index (χ3v) is 4.36. The van der Waals surface area contributed by atoms with Gasteiger partial charge in [-0.15, -0.1) is 0 Å². The Hall–Kier alpha value is -1.43. The first kappa shape index (κ1) is 17.9. The molecule has 1 saturated carbocycles. The van der Waals surface area contributed by atoms with Crippen molar-refractivity contribution in [2.45, 2.75) is 44.3 Å². The van der Waals surface area contributed by atoms with Crippen molar-refractivity contribution < 1.29 is 22.7 Å². The van der Waals surface area contributed by atoms with Crippen molar-refractivity contribution in [3.8, 4) is 5.75 Å². The van der Waals surface area contributed by atoms with Gasteiger partial charge in [0.25, 0.3) is 0 Å². The highest BCUT2D eigenvalue weighted by molar-refractivity contribution is 6.30. The second kappa shape index (κ2) is 7.43. The fourth-order valence-corrected chi connectivity index (χ4v) is 3.21. The fourth-order valence-electron chi connectivity index (χ4n) is 3.01. The van der Waals surface area contributed by atoms with Gasteiger partial charge >= 0.3 is 6.18 Å². The zero-order chi connectivity index (χ0) is 17.0. The van der Waals surface area contributed by atoms with Crippen molar-refractivity contribution in [3.05, 3.63) is 28.8 Å². The first-order chi connectivity index (χ1) is 10.8. The van der Waals surface area contributed by atoms with Gasteiger partial charge in [-0.3, -0.25) is 4.79 Å². The first-order valence-electron chi connectivity index (χ1n) is 7.49. The smallest absolute Gasteiger partial charge is 0.393 e. The number of rotatable bonds is 4. The van der Waals surface area contributed by atoms with Gasteiger partial charge in [0.2, 0.25) is 5.91 Å². The SMILES string of the molecule is COc1ccc(Cl)cc1CC(=O)NC1CCCCC1C(F)(F)F. The van der Waals surface area contributed by atoms with Crippen molar-refractivity contribution in [3.63, 3.8) is 0 Å². The van der Waals surface area contributed by atoms with E-state index in [1.165, 1.54) is 7.11 Å². The van der Waals surface area contributed by atoms with Crippen LogP contribution >= 0.6 is 11.6 Å². The molecule has 1 N–H and O–H groups in total. The van der Waals surface area contributed by atoms with Crippen molar-refractivity contribution >= 4 is 17.5 Å². The molecule has 7 heteroatoms. The molecule has 1 fully saturated rings. The lowest BCUT2D eigenvalue weighted by Crippen LogP contribution is -2.48. The summed E-state index contributed by atoms with van der Waals surface area (Å²) in [6.45, 7) is 0. The summed E-state index contributed by atoms with van der Waals surface area (Å²) < 4.78 is 44.3. The van der Waals surface area contributed by atoms with Crippen molar-refractivity contribution in [2.24, 2.45) is 5.92 Å². The van der Waals surface area contributed by atoms with Gasteiger partial charge in [0.15, 0.2) is 0 Å². The number of benzene rings is 1. The maximum Gasteiger partial charge on any atom is 0.393 e. The van der Waals surface area contributed by atoms with Crippen LogP contribution in [0.15, 0.2) is 18.2 Å². The summed E-state index contributed by atoms with van der Waals surface area (Å²) in [7, 11) is 1.46. The monoisotopic (exact) mass is 349 g/mol. The van der Waals surface area contributed by atoms with E-state index in [4.69, 9.17) is 16.3 Å². The van der Waals surface area contributed by atoms with Crippen molar-refractivity contribution in [1.29, 1.82) is 0 Å². The molecular formula is C16H19ClF3NO2. The minimum atomic E-state index is -4.29. The molecule has 23 heavy (non-hydrogen) atoms. The predicted octanol–water partition coefficient (Wildman–Crippen LogP) is 4.13. The summed E-state index contributed by atoms with van der Waals surface area (Å²) >= 11 is 5.90. The van der Waals surface area contributed by atoms with Gasteiger partial charge in [0.05, 0.1) is 19.4 Å². The van der Waals surface area contributed by atoms with E-state index in [-0.39, 0.29) is 12.8 Å². The molecule has 0 aliphatic heterocycles. The summed E-state index contributed by atoms with van der Waals surface area (Å²) in [5, 5.41) is 2.98. The highest BCUT2D eigenvalue weighted by atomic mass is 35.5. The Balaban J connectivity index is 2.05. The summed E-state index contributed by atoms with van der Waals surface area (Å²) in [6, 6.07) is 3.98. The Morgan fingerprint density at radius 1 is 1.35 bits per heavy atom. The highest BCUT2D eigenvalue weighted by Crippen LogP contribution is 2.37. The normalized spacial score (nSPS) is 21.8. The number of nitrogens with one attached hydrogen (secondary N) is 1. The number of carbonyl (C=O) groups is 1. The number of ether oxygens (including phenoxy) is 1. The average Bonchev–Trinajstić information content (AvgIpc) is 2.47. The number of carbonyl (C=O) groups excluding carboxylic acids is 1. The number of hydrogen-bond acceptors (Lipinski definition) is 2. The Morgan fingerprint density at radius 3 is 2.70 bits per heavy atom. The first-order valence-corrected chi connectivity index (χ1v) is 7.87. The third kappa shape index (κ3) is 4.77. The number of amides is 1. The lowest BCUT2D eigenvalue weighted by atomic mass is 9.84. The molecule has 0 saturated heterocycles. The number of alkyl halides is 3. The van der Waals surface area contributed by atoms with Gasteiger partial charge in [-0.1, -0.05) is 24.4 Å². The largest absolute Gasteiger partial charge is 0.496 e. The molecule has 2 atom stereocenters. The van der Waals surface area contributed by atoms with Gasteiger partial charge in [0, 0.05) is 16.6 Å². The maximum absolute atomic E-state index is 13.1. The summed E-state index contributed by atoms with van der Waals surface area (Å²) in [5.74, 6) is -1.44. The summed E-state index contributed by atoms with van der Waals surface area (Å²) in [6.07, 6.45) is -2.70. The molecule has 2 unspecified atom stereocenters. The molecule has 0 bridgehead atoms. The molecule has 1 aromatic carbocycles. The van der Waals surface area contributed by atoms with Gasteiger partial charge in [-0.2, -0.15) is 13.2 Å². The quantitative estimate of drug-likeness (QED) is 0.887. The molecule has 1 aliphatic carbocycles. The van der Waals surface area contributed by atoms with Crippen molar-refractivity contribution in [2.75, 3.05) is 7.11 Å². The van der Waals surface area contributed by atoms with E-state index in [0.29, 0.717) is 35.6 Å². The Labute approximate surface area is 138 Å². The molecule has 1 amide bonds. The van der Waals surface area contributed by atoms with Crippen molar-refractivity contribution in [1.82, 2.24) is 5.32 Å². The maximum atomic E-state index is 13.1. The standard InChI is InChI=1S/C16H19ClF3NO2/c1-23-14-7-6-11(17)8-10(14)9-15(22)21-13-5-3-2-4-12(13)16(18,19)20/h6-8,12-13H,2-5,9H2,1H3,(H,21,22).